The molecule has 1 aromatic heterocycles. The number of nitrogens with one attached hydrogen (secondary N) is 1. The number of fused-ring (bicyclic) bond motifs is 1. The van der Waals surface area contributed by atoms with Gasteiger partial charge in [-0.1, -0.05) is 78.0 Å². The van der Waals surface area contributed by atoms with Crippen molar-refractivity contribution in [1.29, 1.82) is 0 Å². The Kier molecular flexibility index (Phi) is 5.40. The van der Waals surface area contributed by atoms with Crippen molar-refractivity contribution in [3.05, 3.63) is 102 Å². The van der Waals surface area contributed by atoms with Gasteiger partial charge in [-0.15, -0.1) is 0 Å². The number of aromatic nitrogens is 1. The minimum Gasteiger partial charge on any atom is -0.348 e. The first-order valence-electron chi connectivity index (χ1n) is 9.15. The first-order chi connectivity index (χ1) is 13.7. The molecule has 3 nitrogen and oxygen atoms in total. The highest BCUT2D eigenvalue weighted by Crippen LogP contribution is 2.30. The zero-order valence-corrected chi connectivity index (χ0v) is 16.4. The lowest BCUT2D eigenvalue weighted by molar-refractivity contribution is 0.0952. The first-order valence-corrected chi connectivity index (χ1v) is 9.97. The van der Waals surface area contributed by atoms with E-state index in [1.165, 1.54) is 5.56 Å². The van der Waals surface area contributed by atoms with Crippen molar-refractivity contribution in [3.8, 4) is 0 Å². The van der Waals surface area contributed by atoms with Crippen LogP contribution in [0.5, 0.6) is 0 Å². The minimum atomic E-state index is -0.0896. The standard InChI is InChI=1S/C24H20N2OS/c1-17-11-13-19(14-12-17)28-23-15-21(20-9-5-6-10-22(20)26-23)24(27)25-16-18-7-3-2-4-8-18/h2-15H,16H2,1H3,(H,25,27). The van der Waals surface area contributed by atoms with Crippen molar-refractivity contribution >= 4 is 28.6 Å². The molecule has 4 heteroatoms. The summed E-state index contributed by atoms with van der Waals surface area (Å²) in [5, 5.41) is 4.70. The molecule has 4 aromatic rings. The van der Waals surface area contributed by atoms with E-state index in [1.54, 1.807) is 11.8 Å². The maximum Gasteiger partial charge on any atom is 0.252 e. The molecule has 0 saturated heterocycles. The smallest absolute Gasteiger partial charge is 0.252 e. The van der Waals surface area contributed by atoms with Crippen molar-refractivity contribution in [2.24, 2.45) is 0 Å². The number of nitrogens with zero attached hydrogens (tertiary/aromatic N) is 1. The van der Waals surface area contributed by atoms with Crippen molar-refractivity contribution in [3.63, 3.8) is 0 Å². The molecule has 3 aromatic carbocycles. The third kappa shape index (κ3) is 4.24. The number of carbonyl (C=O) groups excluding carboxylic acids is 1. The average molecular weight is 385 g/mol. The lowest BCUT2D eigenvalue weighted by Crippen LogP contribution is -2.23. The summed E-state index contributed by atoms with van der Waals surface area (Å²) in [6, 6.07) is 27.9. The summed E-state index contributed by atoms with van der Waals surface area (Å²) in [4.78, 5) is 18.8. The molecule has 1 heterocycles. The molecule has 1 amide bonds. The van der Waals surface area contributed by atoms with Crippen molar-refractivity contribution in [2.45, 2.75) is 23.4 Å². The summed E-state index contributed by atoms with van der Waals surface area (Å²) >= 11 is 1.57. The second kappa shape index (κ2) is 8.28. The van der Waals surface area contributed by atoms with Crippen LogP contribution in [0, 0.1) is 6.92 Å². The predicted molar refractivity (Wildman–Crippen MR) is 115 cm³/mol. The van der Waals surface area contributed by atoms with Gasteiger partial charge in [0.1, 0.15) is 5.03 Å². The number of rotatable bonds is 5. The second-order valence-electron chi connectivity index (χ2n) is 6.61. The van der Waals surface area contributed by atoms with Crippen LogP contribution in [0.3, 0.4) is 0 Å². The van der Waals surface area contributed by atoms with Crippen LogP contribution in [0.15, 0.2) is 94.9 Å². The Bertz CT molecular complexity index is 1110. The Morgan fingerprint density at radius 1 is 0.929 bits per heavy atom. The molecule has 0 atom stereocenters. The molecule has 0 aliphatic heterocycles. The number of amides is 1. The third-order valence-electron chi connectivity index (χ3n) is 4.48. The maximum absolute atomic E-state index is 12.9. The fourth-order valence-corrected chi connectivity index (χ4v) is 3.83. The van der Waals surface area contributed by atoms with Crippen LogP contribution >= 0.6 is 11.8 Å². The number of para-hydroxylation sites is 1. The van der Waals surface area contributed by atoms with Gasteiger partial charge in [-0.3, -0.25) is 4.79 Å². The Labute approximate surface area is 168 Å². The van der Waals surface area contributed by atoms with E-state index in [0.717, 1.165) is 26.4 Å². The molecule has 0 unspecified atom stereocenters. The van der Waals surface area contributed by atoms with Crippen molar-refractivity contribution in [2.75, 3.05) is 0 Å². The molecular formula is C24H20N2OS. The van der Waals surface area contributed by atoms with Crippen LogP contribution < -0.4 is 5.32 Å². The number of hydrogen-bond donors (Lipinski definition) is 1. The number of hydrogen-bond acceptors (Lipinski definition) is 3. The zero-order chi connectivity index (χ0) is 19.3. The molecule has 28 heavy (non-hydrogen) atoms. The van der Waals surface area contributed by atoms with Gasteiger partial charge in [0, 0.05) is 16.8 Å². The summed E-state index contributed by atoms with van der Waals surface area (Å²) in [6.07, 6.45) is 0. The van der Waals surface area contributed by atoms with Crippen molar-refractivity contribution in [1.82, 2.24) is 10.3 Å². The van der Waals surface area contributed by atoms with Crippen LogP contribution in [-0.2, 0) is 6.54 Å². The van der Waals surface area contributed by atoms with Gasteiger partial charge in [0.2, 0.25) is 0 Å². The predicted octanol–water partition coefficient (Wildman–Crippen LogP) is 5.62. The Morgan fingerprint density at radius 2 is 1.64 bits per heavy atom. The van der Waals surface area contributed by atoms with E-state index in [-0.39, 0.29) is 5.91 Å². The lowest BCUT2D eigenvalue weighted by atomic mass is 10.1. The average Bonchev–Trinajstić information content (AvgIpc) is 2.74. The van der Waals surface area contributed by atoms with Crippen LogP contribution in [0.4, 0.5) is 0 Å². The van der Waals surface area contributed by atoms with E-state index in [0.29, 0.717) is 12.1 Å². The number of carbonyl (C=O) groups is 1. The van der Waals surface area contributed by atoms with Crippen molar-refractivity contribution < 1.29 is 4.79 Å². The summed E-state index contributed by atoms with van der Waals surface area (Å²) in [5.74, 6) is -0.0896. The number of benzene rings is 3. The molecule has 0 saturated carbocycles. The quantitative estimate of drug-likeness (QED) is 0.485. The molecule has 0 fully saturated rings. The molecule has 4 rings (SSSR count). The Balaban J connectivity index is 1.64. The number of pyridine rings is 1. The van der Waals surface area contributed by atoms with E-state index in [4.69, 9.17) is 4.98 Å². The largest absolute Gasteiger partial charge is 0.348 e. The van der Waals surface area contributed by atoms with Crippen LogP contribution in [0.2, 0.25) is 0 Å². The van der Waals surface area contributed by atoms with Crippen LogP contribution in [0.25, 0.3) is 10.9 Å². The minimum absolute atomic E-state index is 0.0896. The normalized spacial score (nSPS) is 10.8. The second-order valence-corrected chi connectivity index (χ2v) is 7.70. The topological polar surface area (TPSA) is 42.0 Å². The fourth-order valence-electron chi connectivity index (χ4n) is 2.99. The third-order valence-corrected chi connectivity index (χ3v) is 5.40. The van der Waals surface area contributed by atoms with E-state index >= 15 is 0 Å². The van der Waals surface area contributed by atoms with Gasteiger partial charge in [-0.05, 0) is 36.8 Å². The lowest BCUT2D eigenvalue weighted by Gasteiger charge is -2.10. The summed E-state index contributed by atoms with van der Waals surface area (Å²) in [7, 11) is 0. The van der Waals surface area contributed by atoms with Gasteiger partial charge in [-0.2, -0.15) is 0 Å². The highest BCUT2D eigenvalue weighted by Gasteiger charge is 2.13. The molecule has 0 radical (unpaired) electrons. The molecule has 0 aliphatic carbocycles. The van der Waals surface area contributed by atoms with Crippen LogP contribution in [0.1, 0.15) is 21.5 Å². The van der Waals surface area contributed by atoms with E-state index in [2.05, 4.69) is 36.5 Å². The van der Waals surface area contributed by atoms with Gasteiger partial charge >= 0.3 is 0 Å². The van der Waals surface area contributed by atoms with Gasteiger partial charge in [0.15, 0.2) is 0 Å². The van der Waals surface area contributed by atoms with Crippen LogP contribution in [-0.4, -0.2) is 10.9 Å². The van der Waals surface area contributed by atoms with E-state index in [9.17, 15) is 4.79 Å². The molecule has 0 spiro atoms. The van der Waals surface area contributed by atoms with Gasteiger partial charge in [-0.25, -0.2) is 4.98 Å². The highest BCUT2D eigenvalue weighted by atomic mass is 32.2. The summed E-state index contributed by atoms with van der Waals surface area (Å²) in [6.45, 7) is 2.56. The molecule has 0 bridgehead atoms. The van der Waals surface area contributed by atoms with E-state index in [1.807, 2.05) is 60.7 Å². The maximum atomic E-state index is 12.9. The van der Waals surface area contributed by atoms with E-state index < -0.39 is 0 Å². The molecule has 138 valence electrons. The monoisotopic (exact) mass is 384 g/mol. The first kappa shape index (κ1) is 18.3. The molecule has 1 N–H and O–H groups in total. The molecular weight excluding hydrogens is 364 g/mol. The highest BCUT2D eigenvalue weighted by molar-refractivity contribution is 7.99. The SMILES string of the molecule is Cc1ccc(Sc2cc(C(=O)NCc3ccccc3)c3ccccc3n2)cc1. The Hall–Kier alpha value is -3.11. The molecule has 0 aliphatic rings. The Morgan fingerprint density at radius 3 is 2.43 bits per heavy atom. The van der Waals surface area contributed by atoms with Gasteiger partial charge < -0.3 is 5.32 Å². The number of aryl methyl sites for hydroxylation is 1. The van der Waals surface area contributed by atoms with Gasteiger partial charge in [0.05, 0.1) is 11.1 Å². The fraction of sp³-hybridized carbons (Fsp3) is 0.0833. The summed E-state index contributed by atoms with van der Waals surface area (Å²) in [5.41, 5.74) is 3.76. The summed E-state index contributed by atoms with van der Waals surface area (Å²) < 4.78 is 0. The zero-order valence-electron chi connectivity index (χ0n) is 15.6. The van der Waals surface area contributed by atoms with Gasteiger partial charge in [0.25, 0.3) is 5.91 Å².